The minimum Gasteiger partial charge on any atom is -0.359 e. The number of likely N-dealkylation sites (N-methyl/N-ethyl adjacent to an activating group) is 1. The molecule has 80 valence electrons. The highest BCUT2D eigenvalue weighted by Crippen LogP contribution is 2.36. The predicted molar refractivity (Wildman–Crippen MR) is 60.8 cm³/mol. The molecule has 0 unspecified atom stereocenters. The lowest BCUT2D eigenvalue weighted by Gasteiger charge is -2.25. The van der Waals surface area contributed by atoms with Gasteiger partial charge in [-0.05, 0) is 29.9 Å². The van der Waals surface area contributed by atoms with Crippen LogP contribution in [0, 0.1) is 0 Å². The fourth-order valence-corrected chi connectivity index (χ4v) is 1.92. The maximum Gasteiger partial charge on any atom is 0.224 e. The van der Waals surface area contributed by atoms with Crippen LogP contribution in [-0.2, 0) is 11.2 Å². The van der Waals surface area contributed by atoms with Crippen LogP contribution in [0.2, 0.25) is 0 Å². The smallest absolute Gasteiger partial charge is 0.224 e. The lowest BCUT2D eigenvalue weighted by molar-refractivity contribution is -0.119. The van der Waals surface area contributed by atoms with Gasteiger partial charge in [-0.3, -0.25) is 4.79 Å². The molecule has 1 saturated carbocycles. The number of rotatable bonds is 3. The second-order valence-corrected chi connectivity index (χ2v) is 4.22. The molecule has 1 aromatic rings. The van der Waals surface area contributed by atoms with Crippen LogP contribution in [0.25, 0.3) is 0 Å². The van der Waals surface area contributed by atoms with Crippen LogP contribution in [0.4, 0.5) is 0 Å². The van der Waals surface area contributed by atoms with Crippen LogP contribution in [0.15, 0.2) is 24.3 Å². The first kappa shape index (κ1) is 10.2. The largest absolute Gasteiger partial charge is 0.359 e. The summed E-state index contributed by atoms with van der Waals surface area (Å²) in [6, 6.07) is 8.48. The summed E-state index contributed by atoms with van der Waals surface area (Å²) in [5.74, 6) is 0.852. The van der Waals surface area contributed by atoms with E-state index in [1.54, 1.807) is 7.05 Å². The van der Waals surface area contributed by atoms with Crippen LogP contribution < -0.4 is 5.32 Å². The van der Waals surface area contributed by atoms with Gasteiger partial charge >= 0.3 is 0 Å². The molecule has 0 saturated heterocycles. The summed E-state index contributed by atoms with van der Waals surface area (Å²) in [7, 11) is 1.67. The topological polar surface area (TPSA) is 29.1 Å². The number of benzene rings is 1. The van der Waals surface area contributed by atoms with Crippen molar-refractivity contribution in [2.75, 3.05) is 7.05 Å². The second kappa shape index (κ2) is 4.47. The molecular weight excluding hydrogens is 186 g/mol. The molecule has 2 nitrogen and oxygen atoms in total. The summed E-state index contributed by atoms with van der Waals surface area (Å²) in [5.41, 5.74) is 2.53. The van der Waals surface area contributed by atoms with E-state index in [0.29, 0.717) is 6.42 Å². The monoisotopic (exact) mass is 203 g/mol. The van der Waals surface area contributed by atoms with E-state index in [1.807, 2.05) is 0 Å². The summed E-state index contributed by atoms with van der Waals surface area (Å²) in [6.07, 6.45) is 4.51. The normalized spacial score (nSPS) is 15.8. The Morgan fingerprint density at radius 1 is 1.33 bits per heavy atom. The van der Waals surface area contributed by atoms with Crippen molar-refractivity contribution in [3.63, 3.8) is 0 Å². The van der Waals surface area contributed by atoms with E-state index in [0.717, 1.165) is 11.5 Å². The quantitative estimate of drug-likeness (QED) is 0.802. The lowest BCUT2D eigenvalue weighted by Crippen LogP contribution is -2.19. The molecule has 1 aliphatic carbocycles. The van der Waals surface area contributed by atoms with E-state index in [9.17, 15) is 4.79 Å². The van der Waals surface area contributed by atoms with Crippen molar-refractivity contribution in [2.24, 2.45) is 0 Å². The summed E-state index contributed by atoms with van der Waals surface area (Å²) < 4.78 is 0. The minimum atomic E-state index is 0.0754. The predicted octanol–water partition coefficient (Wildman–Crippen LogP) is 2.24. The molecule has 1 N–H and O–H groups in total. The Kier molecular flexibility index (Phi) is 3.05. The first-order valence-electron chi connectivity index (χ1n) is 5.59. The molecule has 1 aliphatic rings. The van der Waals surface area contributed by atoms with Crippen molar-refractivity contribution in [1.82, 2.24) is 5.32 Å². The average molecular weight is 203 g/mol. The first-order valence-corrected chi connectivity index (χ1v) is 5.59. The SMILES string of the molecule is CNC(=O)Cc1ccc(C2CCC2)cc1. The Morgan fingerprint density at radius 2 is 2.00 bits per heavy atom. The molecule has 0 aliphatic heterocycles. The number of carbonyl (C=O) groups excluding carboxylic acids is 1. The fourth-order valence-electron chi connectivity index (χ4n) is 1.92. The van der Waals surface area contributed by atoms with E-state index in [1.165, 1.54) is 24.8 Å². The average Bonchev–Trinajstić information content (AvgIpc) is 2.18. The van der Waals surface area contributed by atoms with Crippen LogP contribution in [-0.4, -0.2) is 13.0 Å². The maximum absolute atomic E-state index is 11.2. The molecule has 0 atom stereocenters. The van der Waals surface area contributed by atoms with E-state index in [-0.39, 0.29) is 5.91 Å². The van der Waals surface area contributed by atoms with E-state index >= 15 is 0 Å². The van der Waals surface area contributed by atoms with Gasteiger partial charge in [0.15, 0.2) is 0 Å². The number of amides is 1. The van der Waals surface area contributed by atoms with Gasteiger partial charge in [0.05, 0.1) is 6.42 Å². The van der Waals surface area contributed by atoms with Crippen molar-refractivity contribution < 1.29 is 4.79 Å². The molecule has 1 aromatic carbocycles. The molecule has 1 fully saturated rings. The molecule has 0 bridgehead atoms. The maximum atomic E-state index is 11.2. The summed E-state index contributed by atoms with van der Waals surface area (Å²) in [5, 5.41) is 2.63. The molecule has 0 spiro atoms. The Hall–Kier alpha value is -1.31. The Bertz CT molecular complexity index is 338. The number of carbonyl (C=O) groups is 1. The molecule has 0 heterocycles. The second-order valence-electron chi connectivity index (χ2n) is 4.22. The Morgan fingerprint density at radius 3 is 2.47 bits per heavy atom. The van der Waals surface area contributed by atoms with Crippen molar-refractivity contribution in [1.29, 1.82) is 0 Å². The molecule has 2 rings (SSSR count). The first-order chi connectivity index (χ1) is 7.29. The van der Waals surface area contributed by atoms with Gasteiger partial charge in [0, 0.05) is 7.05 Å². The van der Waals surface area contributed by atoms with Gasteiger partial charge in [0.25, 0.3) is 0 Å². The van der Waals surface area contributed by atoms with Gasteiger partial charge in [-0.2, -0.15) is 0 Å². The standard InChI is InChI=1S/C13H17NO/c1-14-13(15)9-10-5-7-12(8-6-10)11-3-2-4-11/h5-8,11H,2-4,9H2,1H3,(H,14,15). The third kappa shape index (κ3) is 2.38. The zero-order valence-corrected chi connectivity index (χ0v) is 9.12. The van der Waals surface area contributed by atoms with Crippen molar-refractivity contribution in [2.45, 2.75) is 31.6 Å². The van der Waals surface area contributed by atoms with Gasteiger partial charge in [0.1, 0.15) is 0 Å². The van der Waals surface area contributed by atoms with Gasteiger partial charge in [0.2, 0.25) is 5.91 Å². The van der Waals surface area contributed by atoms with Crippen molar-refractivity contribution in [3.8, 4) is 0 Å². The minimum absolute atomic E-state index is 0.0754. The zero-order valence-electron chi connectivity index (χ0n) is 9.12. The Labute approximate surface area is 90.7 Å². The van der Waals surface area contributed by atoms with Crippen LogP contribution in [0.3, 0.4) is 0 Å². The third-order valence-electron chi connectivity index (χ3n) is 3.20. The molecule has 2 heteroatoms. The van der Waals surface area contributed by atoms with Crippen molar-refractivity contribution in [3.05, 3.63) is 35.4 Å². The van der Waals surface area contributed by atoms with Crippen LogP contribution >= 0.6 is 0 Å². The molecule has 1 amide bonds. The van der Waals surface area contributed by atoms with E-state index < -0.39 is 0 Å². The zero-order chi connectivity index (χ0) is 10.7. The van der Waals surface area contributed by atoms with Crippen molar-refractivity contribution >= 4 is 5.91 Å². The summed E-state index contributed by atoms with van der Waals surface area (Å²) in [6.45, 7) is 0. The molecule has 0 radical (unpaired) electrons. The number of hydrogen-bond acceptors (Lipinski definition) is 1. The fraction of sp³-hybridized carbons (Fsp3) is 0.462. The van der Waals surface area contributed by atoms with Gasteiger partial charge in [-0.25, -0.2) is 0 Å². The summed E-state index contributed by atoms with van der Waals surface area (Å²) in [4.78, 5) is 11.2. The Balaban J connectivity index is 2.00. The highest BCUT2D eigenvalue weighted by molar-refractivity contribution is 5.78. The number of hydrogen-bond donors (Lipinski definition) is 1. The molecule has 0 aromatic heterocycles. The van der Waals surface area contributed by atoms with E-state index in [2.05, 4.69) is 29.6 Å². The van der Waals surface area contributed by atoms with Gasteiger partial charge in [-0.1, -0.05) is 30.7 Å². The highest BCUT2D eigenvalue weighted by Gasteiger charge is 2.18. The van der Waals surface area contributed by atoms with Crippen LogP contribution in [0.5, 0.6) is 0 Å². The highest BCUT2D eigenvalue weighted by atomic mass is 16.1. The summed E-state index contributed by atoms with van der Waals surface area (Å²) >= 11 is 0. The van der Waals surface area contributed by atoms with Crippen LogP contribution in [0.1, 0.15) is 36.3 Å². The third-order valence-corrected chi connectivity index (χ3v) is 3.20. The lowest BCUT2D eigenvalue weighted by atomic mass is 9.80. The van der Waals surface area contributed by atoms with E-state index in [4.69, 9.17) is 0 Å². The molecule has 15 heavy (non-hydrogen) atoms. The molecular formula is C13H17NO. The van der Waals surface area contributed by atoms with Gasteiger partial charge < -0.3 is 5.32 Å². The van der Waals surface area contributed by atoms with Gasteiger partial charge in [-0.15, -0.1) is 0 Å². The number of nitrogens with one attached hydrogen (secondary N) is 1.